The molecule has 0 fully saturated rings. The Hall–Kier alpha value is -1.06. The lowest BCUT2D eigenvalue weighted by Gasteiger charge is -1.90. The van der Waals surface area contributed by atoms with Gasteiger partial charge in [-0.25, -0.2) is 0 Å². The maximum atomic E-state index is 8.63. The van der Waals surface area contributed by atoms with Gasteiger partial charge in [-0.1, -0.05) is 18.2 Å². The van der Waals surface area contributed by atoms with Gasteiger partial charge < -0.3 is 16.2 Å². The Morgan fingerprint density at radius 3 is 2.15 bits per heavy atom. The van der Waals surface area contributed by atoms with Crippen LogP contribution in [0.3, 0.4) is 0 Å². The number of phenols is 1. The summed E-state index contributed by atoms with van der Waals surface area (Å²) in [5.74, 6) is 0.322. The van der Waals surface area contributed by atoms with E-state index >= 15 is 0 Å². The fraction of sp³-hybridized carbons (Fsp3) is 0.400. The molecule has 0 aliphatic heterocycles. The summed E-state index contributed by atoms with van der Waals surface area (Å²) in [7, 11) is 1.93. The molecule has 4 N–H and O–H groups in total. The van der Waals surface area contributed by atoms with E-state index in [4.69, 9.17) is 10.8 Å². The predicted octanol–water partition coefficient (Wildman–Crippen LogP) is 0.947. The lowest BCUT2D eigenvalue weighted by Crippen LogP contribution is -2.12. The second-order valence-electron chi connectivity index (χ2n) is 2.58. The van der Waals surface area contributed by atoms with Crippen molar-refractivity contribution >= 4 is 0 Å². The maximum Gasteiger partial charge on any atom is 0.115 e. The minimum atomic E-state index is 0.322. The molecule has 0 spiro atoms. The van der Waals surface area contributed by atoms with Crippen molar-refractivity contribution in [3.8, 4) is 5.75 Å². The zero-order chi connectivity index (χ0) is 9.94. The fourth-order valence-corrected chi connectivity index (χ4v) is 0.707. The molecular weight excluding hydrogens is 164 g/mol. The van der Waals surface area contributed by atoms with Crippen molar-refractivity contribution in [3.63, 3.8) is 0 Å². The van der Waals surface area contributed by atoms with Gasteiger partial charge >= 0.3 is 0 Å². The topological polar surface area (TPSA) is 58.3 Å². The average molecular weight is 182 g/mol. The monoisotopic (exact) mass is 182 g/mol. The Bertz CT molecular complexity index is 185. The van der Waals surface area contributed by atoms with Crippen molar-refractivity contribution in [2.24, 2.45) is 5.73 Å². The first-order valence-corrected chi connectivity index (χ1v) is 4.40. The molecule has 0 unspecified atom stereocenters. The summed E-state index contributed by atoms with van der Waals surface area (Å²) in [6.07, 6.45) is 1.08. The number of benzene rings is 1. The molecule has 0 aliphatic carbocycles. The largest absolute Gasteiger partial charge is 0.508 e. The van der Waals surface area contributed by atoms with E-state index in [9.17, 15) is 0 Å². The smallest absolute Gasteiger partial charge is 0.115 e. The van der Waals surface area contributed by atoms with Gasteiger partial charge in [-0.3, -0.25) is 0 Å². The molecule has 0 saturated carbocycles. The number of nitrogens with two attached hydrogens (primary N) is 1. The molecule has 0 heterocycles. The van der Waals surface area contributed by atoms with Crippen LogP contribution in [0.2, 0.25) is 0 Å². The van der Waals surface area contributed by atoms with Gasteiger partial charge in [-0.15, -0.1) is 0 Å². The van der Waals surface area contributed by atoms with Crippen LogP contribution in [0.4, 0.5) is 0 Å². The highest BCUT2D eigenvalue weighted by atomic mass is 16.3. The first-order chi connectivity index (χ1) is 6.31. The van der Waals surface area contributed by atoms with Crippen LogP contribution in [0.5, 0.6) is 5.75 Å². The van der Waals surface area contributed by atoms with Gasteiger partial charge in [0, 0.05) is 0 Å². The van der Waals surface area contributed by atoms with Crippen LogP contribution in [0.25, 0.3) is 0 Å². The Balaban J connectivity index is 0.000000226. The van der Waals surface area contributed by atoms with Gasteiger partial charge in [-0.05, 0) is 38.7 Å². The molecule has 0 aromatic heterocycles. The molecule has 1 rings (SSSR count). The predicted molar refractivity (Wildman–Crippen MR) is 55.7 cm³/mol. The van der Waals surface area contributed by atoms with Crippen LogP contribution in [0.1, 0.15) is 6.42 Å². The van der Waals surface area contributed by atoms with Crippen molar-refractivity contribution in [1.29, 1.82) is 0 Å². The Morgan fingerprint density at radius 1 is 1.31 bits per heavy atom. The van der Waals surface area contributed by atoms with E-state index in [1.54, 1.807) is 24.3 Å². The van der Waals surface area contributed by atoms with E-state index in [2.05, 4.69) is 5.32 Å². The highest BCUT2D eigenvalue weighted by molar-refractivity contribution is 5.18. The number of nitrogens with one attached hydrogen (secondary N) is 1. The average Bonchev–Trinajstić information content (AvgIpc) is 2.17. The second-order valence-corrected chi connectivity index (χ2v) is 2.58. The van der Waals surface area contributed by atoms with Crippen LogP contribution >= 0.6 is 0 Å². The molecule has 1 aromatic carbocycles. The standard InChI is InChI=1S/C6H6O.C4H12N2/c7-6-4-2-1-3-5-6;1-6-4-2-3-5/h1-5,7H;6H,2-5H2,1H3. The van der Waals surface area contributed by atoms with Crippen LogP contribution in [0.15, 0.2) is 30.3 Å². The summed E-state index contributed by atoms with van der Waals surface area (Å²) in [6.45, 7) is 1.83. The Labute approximate surface area is 79.6 Å². The lowest BCUT2D eigenvalue weighted by molar-refractivity contribution is 0.475. The third kappa shape index (κ3) is 8.85. The summed E-state index contributed by atoms with van der Waals surface area (Å²) in [5.41, 5.74) is 5.17. The molecular formula is C10H18N2O. The SMILES string of the molecule is CNCCCN.Oc1ccccc1. The van der Waals surface area contributed by atoms with E-state index in [1.807, 2.05) is 13.1 Å². The van der Waals surface area contributed by atoms with Crippen molar-refractivity contribution < 1.29 is 5.11 Å². The van der Waals surface area contributed by atoms with Crippen molar-refractivity contribution in [1.82, 2.24) is 5.32 Å². The molecule has 1 aromatic rings. The van der Waals surface area contributed by atoms with E-state index < -0.39 is 0 Å². The van der Waals surface area contributed by atoms with Gasteiger partial charge in [0.05, 0.1) is 0 Å². The zero-order valence-corrected chi connectivity index (χ0v) is 8.03. The highest BCUT2D eigenvalue weighted by Crippen LogP contribution is 2.02. The number of para-hydroxylation sites is 1. The van der Waals surface area contributed by atoms with Crippen molar-refractivity contribution in [2.75, 3.05) is 20.1 Å². The van der Waals surface area contributed by atoms with Gasteiger partial charge in [0.1, 0.15) is 5.75 Å². The van der Waals surface area contributed by atoms with Crippen LogP contribution < -0.4 is 11.1 Å². The van der Waals surface area contributed by atoms with E-state index in [1.165, 1.54) is 0 Å². The summed E-state index contributed by atoms with van der Waals surface area (Å²) in [4.78, 5) is 0. The molecule has 3 heteroatoms. The van der Waals surface area contributed by atoms with Crippen LogP contribution in [-0.2, 0) is 0 Å². The quantitative estimate of drug-likeness (QED) is 0.610. The summed E-state index contributed by atoms with van der Waals surface area (Å²) >= 11 is 0. The minimum Gasteiger partial charge on any atom is -0.508 e. The number of aromatic hydroxyl groups is 1. The van der Waals surface area contributed by atoms with Gasteiger partial charge in [0.15, 0.2) is 0 Å². The molecule has 3 nitrogen and oxygen atoms in total. The first kappa shape index (κ1) is 11.9. The molecule has 0 saturated heterocycles. The summed E-state index contributed by atoms with van der Waals surface area (Å²) in [6, 6.07) is 8.71. The highest BCUT2D eigenvalue weighted by Gasteiger charge is 1.75. The second kappa shape index (κ2) is 9.03. The Morgan fingerprint density at radius 2 is 1.92 bits per heavy atom. The van der Waals surface area contributed by atoms with Crippen molar-refractivity contribution in [3.05, 3.63) is 30.3 Å². The molecule has 74 valence electrons. The van der Waals surface area contributed by atoms with E-state index in [0.717, 1.165) is 19.5 Å². The Kier molecular flexibility index (Phi) is 8.30. The fourth-order valence-electron chi connectivity index (χ4n) is 0.707. The molecule has 0 atom stereocenters. The van der Waals surface area contributed by atoms with Gasteiger partial charge in [0.25, 0.3) is 0 Å². The third-order valence-electron chi connectivity index (χ3n) is 1.39. The minimum absolute atomic E-state index is 0.322. The lowest BCUT2D eigenvalue weighted by atomic mass is 10.3. The molecule has 0 aliphatic rings. The molecule has 0 bridgehead atoms. The zero-order valence-electron chi connectivity index (χ0n) is 8.03. The summed E-state index contributed by atoms with van der Waals surface area (Å²) < 4.78 is 0. The molecule has 13 heavy (non-hydrogen) atoms. The maximum absolute atomic E-state index is 8.63. The number of hydrogen-bond acceptors (Lipinski definition) is 3. The van der Waals surface area contributed by atoms with Crippen molar-refractivity contribution in [2.45, 2.75) is 6.42 Å². The normalized spacial score (nSPS) is 8.77. The number of phenolic OH excluding ortho intramolecular Hbond substituents is 1. The number of rotatable bonds is 3. The van der Waals surface area contributed by atoms with E-state index in [-0.39, 0.29) is 0 Å². The molecule has 0 amide bonds. The summed E-state index contributed by atoms with van der Waals surface area (Å²) in [5, 5.41) is 11.6. The van der Waals surface area contributed by atoms with Crippen LogP contribution in [0, 0.1) is 0 Å². The van der Waals surface area contributed by atoms with Gasteiger partial charge in [0.2, 0.25) is 0 Å². The number of hydrogen-bond donors (Lipinski definition) is 3. The van der Waals surface area contributed by atoms with Crippen LogP contribution in [-0.4, -0.2) is 25.2 Å². The van der Waals surface area contributed by atoms with Gasteiger partial charge in [-0.2, -0.15) is 0 Å². The third-order valence-corrected chi connectivity index (χ3v) is 1.39. The first-order valence-electron chi connectivity index (χ1n) is 4.40. The molecule has 0 radical (unpaired) electrons. The van der Waals surface area contributed by atoms with E-state index in [0.29, 0.717) is 5.75 Å².